The molecule has 0 fully saturated rings. The van der Waals surface area contributed by atoms with E-state index in [1.807, 2.05) is 48.9 Å². The van der Waals surface area contributed by atoms with Gasteiger partial charge in [0.05, 0.1) is 17.8 Å². The first-order chi connectivity index (χ1) is 10.1. The first-order valence-electron chi connectivity index (χ1n) is 7.21. The Hall–Kier alpha value is -2.14. The van der Waals surface area contributed by atoms with E-state index in [1.54, 1.807) is 6.20 Å². The van der Waals surface area contributed by atoms with E-state index in [9.17, 15) is 4.79 Å². The zero-order chi connectivity index (χ0) is 15.2. The molecule has 0 unspecified atom stereocenters. The maximum Gasteiger partial charge on any atom is 0.255 e. The molecular formula is C16H22N4O. The maximum atomic E-state index is 12.3. The molecule has 1 heterocycles. The van der Waals surface area contributed by atoms with Gasteiger partial charge in [0, 0.05) is 12.2 Å². The summed E-state index contributed by atoms with van der Waals surface area (Å²) in [5.74, 6) is -0.0946. The molecule has 0 spiro atoms. The third-order valence-electron chi connectivity index (χ3n) is 3.57. The number of rotatable bonds is 6. The number of aryl methyl sites for hydroxylation is 1. The molecule has 0 aliphatic carbocycles. The number of hydrogen-bond acceptors (Lipinski definition) is 3. The van der Waals surface area contributed by atoms with E-state index < -0.39 is 0 Å². The number of carbonyl (C=O) groups is 1. The number of hydrogen-bond donors (Lipinski definition) is 2. The smallest absolute Gasteiger partial charge is 0.255 e. The summed E-state index contributed by atoms with van der Waals surface area (Å²) < 4.78 is 1.83. The molecule has 0 aliphatic heterocycles. The second kappa shape index (κ2) is 7.04. The van der Waals surface area contributed by atoms with E-state index in [4.69, 9.17) is 5.73 Å². The van der Waals surface area contributed by atoms with Crippen LogP contribution >= 0.6 is 0 Å². The highest BCUT2D eigenvalue weighted by molar-refractivity contribution is 5.95. The number of carbonyl (C=O) groups excluding carboxylic acids is 1. The van der Waals surface area contributed by atoms with E-state index >= 15 is 0 Å². The average Bonchev–Trinajstić information content (AvgIpc) is 2.87. The van der Waals surface area contributed by atoms with Crippen molar-refractivity contribution in [1.29, 1.82) is 0 Å². The molecule has 5 heteroatoms. The average molecular weight is 286 g/mol. The van der Waals surface area contributed by atoms with Crippen LogP contribution in [0.5, 0.6) is 0 Å². The monoisotopic (exact) mass is 286 g/mol. The molecule has 112 valence electrons. The lowest BCUT2D eigenvalue weighted by Gasteiger charge is -2.14. The normalized spacial score (nSPS) is 12.1. The molecule has 2 aromatic rings. The van der Waals surface area contributed by atoms with Crippen LogP contribution in [-0.4, -0.2) is 22.2 Å². The summed E-state index contributed by atoms with van der Waals surface area (Å²) in [6.07, 6.45) is 2.48. The first-order valence-corrected chi connectivity index (χ1v) is 7.21. The highest BCUT2D eigenvalue weighted by atomic mass is 16.1. The van der Waals surface area contributed by atoms with Crippen LogP contribution in [-0.2, 0) is 6.54 Å². The van der Waals surface area contributed by atoms with Crippen molar-refractivity contribution in [3.8, 4) is 0 Å². The predicted molar refractivity (Wildman–Crippen MR) is 83.0 cm³/mol. The third-order valence-corrected chi connectivity index (χ3v) is 3.57. The highest BCUT2D eigenvalue weighted by Gasteiger charge is 2.16. The number of nitrogens with one attached hydrogen (secondary N) is 1. The van der Waals surface area contributed by atoms with E-state index in [1.165, 1.54) is 0 Å². The Kier molecular flexibility index (Phi) is 5.11. The molecule has 1 amide bonds. The lowest BCUT2D eigenvalue weighted by Crippen LogP contribution is -2.27. The summed E-state index contributed by atoms with van der Waals surface area (Å²) >= 11 is 0. The van der Waals surface area contributed by atoms with Gasteiger partial charge in [-0.25, -0.2) is 0 Å². The van der Waals surface area contributed by atoms with Crippen LogP contribution in [0.2, 0.25) is 0 Å². The second-order valence-electron chi connectivity index (χ2n) is 5.11. The van der Waals surface area contributed by atoms with Gasteiger partial charge < -0.3 is 11.1 Å². The lowest BCUT2D eigenvalue weighted by molar-refractivity contribution is 0.0939. The van der Waals surface area contributed by atoms with Crippen molar-refractivity contribution in [2.75, 3.05) is 6.54 Å². The van der Waals surface area contributed by atoms with Crippen LogP contribution < -0.4 is 11.1 Å². The van der Waals surface area contributed by atoms with Crippen molar-refractivity contribution in [3.05, 3.63) is 53.3 Å². The number of benzene rings is 1. The fourth-order valence-corrected chi connectivity index (χ4v) is 2.24. The van der Waals surface area contributed by atoms with Crippen LogP contribution in [0.15, 0.2) is 36.5 Å². The van der Waals surface area contributed by atoms with Crippen LogP contribution in [0, 0.1) is 6.92 Å². The van der Waals surface area contributed by atoms with Gasteiger partial charge in [0.2, 0.25) is 0 Å². The third kappa shape index (κ3) is 3.70. The largest absolute Gasteiger partial charge is 0.345 e. The van der Waals surface area contributed by atoms with Gasteiger partial charge in [-0.05, 0) is 32.4 Å². The summed E-state index contributed by atoms with van der Waals surface area (Å²) in [5.41, 5.74) is 8.08. The van der Waals surface area contributed by atoms with Crippen LogP contribution in [0.3, 0.4) is 0 Å². The minimum atomic E-state index is -0.0946. The Balaban J connectivity index is 2.05. The van der Waals surface area contributed by atoms with Crippen LogP contribution in [0.1, 0.15) is 41.0 Å². The Bertz CT molecular complexity index is 592. The Labute approximate surface area is 125 Å². The molecule has 1 atom stereocenters. The molecule has 0 radical (unpaired) electrons. The fourth-order valence-electron chi connectivity index (χ4n) is 2.24. The predicted octanol–water partition coefficient (Wildman–Crippen LogP) is 2.03. The van der Waals surface area contributed by atoms with Crippen molar-refractivity contribution in [3.63, 3.8) is 0 Å². The quantitative estimate of drug-likeness (QED) is 0.853. The molecular weight excluding hydrogens is 264 g/mol. The highest BCUT2D eigenvalue weighted by Crippen LogP contribution is 2.14. The molecule has 21 heavy (non-hydrogen) atoms. The van der Waals surface area contributed by atoms with Crippen molar-refractivity contribution in [2.24, 2.45) is 5.73 Å². The first kappa shape index (κ1) is 15.3. The second-order valence-corrected chi connectivity index (χ2v) is 5.11. The van der Waals surface area contributed by atoms with E-state index in [0.29, 0.717) is 12.1 Å². The van der Waals surface area contributed by atoms with Gasteiger partial charge in [0.1, 0.15) is 0 Å². The van der Waals surface area contributed by atoms with Gasteiger partial charge in [-0.15, -0.1) is 0 Å². The van der Waals surface area contributed by atoms with Gasteiger partial charge >= 0.3 is 0 Å². The number of nitrogens with two attached hydrogens (primary N) is 1. The van der Waals surface area contributed by atoms with E-state index in [-0.39, 0.29) is 11.9 Å². The van der Waals surface area contributed by atoms with Crippen molar-refractivity contribution in [2.45, 2.75) is 32.9 Å². The lowest BCUT2D eigenvalue weighted by atomic mass is 10.1. The number of nitrogens with zero attached hydrogens (tertiary/aromatic N) is 2. The molecule has 5 nitrogen and oxygen atoms in total. The summed E-state index contributed by atoms with van der Waals surface area (Å²) in [7, 11) is 0. The Morgan fingerprint density at radius 1 is 1.38 bits per heavy atom. The topological polar surface area (TPSA) is 72.9 Å². The van der Waals surface area contributed by atoms with E-state index in [2.05, 4.69) is 10.4 Å². The minimum Gasteiger partial charge on any atom is -0.345 e. The van der Waals surface area contributed by atoms with Gasteiger partial charge in [-0.1, -0.05) is 30.3 Å². The van der Waals surface area contributed by atoms with Crippen LogP contribution in [0.4, 0.5) is 0 Å². The Morgan fingerprint density at radius 3 is 2.76 bits per heavy atom. The van der Waals surface area contributed by atoms with Crippen molar-refractivity contribution in [1.82, 2.24) is 15.1 Å². The molecule has 1 aromatic carbocycles. The van der Waals surface area contributed by atoms with Crippen molar-refractivity contribution < 1.29 is 4.79 Å². The molecule has 3 N–H and O–H groups in total. The summed E-state index contributed by atoms with van der Waals surface area (Å²) in [5, 5.41) is 7.26. The van der Waals surface area contributed by atoms with Gasteiger partial charge in [0.15, 0.2) is 0 Å². The zero-order valence-electron chi connectivity index (χ0n) is 12.5. The molecule has 0 bridgehead atoms. The molecule has 1 aromatic heterocycles. The molecule has 0 aliphatic rings. The van der Waals surface area contributed by atoms with Gasteiger partial charge in [0.25, 0.3) is 5.91 Å². The SMILES string of the molecule is Cc1c(C(=O)N[C@@H](C)c2ccccc2)cnn1CCCN. The van der Waals surface area contributed by atoms with Gasteiger partial charge in [-0.2, -0.15) is 5.10 Å². The minimum absolute atomic E-state index is 0.0366. The zero-order valence-corrected chi connectivity index (χ0v) is 12.5. The molecule has 0 saturated heterocycles. The van der Waals surface area contributed by atoms with E-state index in [0.717, 1.165) is 24.2 Å². The summed E-state index contributed by atoms with van der Waals surface area (Å²) in [6.45, 7) is 5.24. The molecule has 0 saturated carbocycles. The fraction of sp³-hybridized carbons (Fsp3) is 0.375. The maximum absolute atomic E-state index is 12.3. The Morgan fingerprint density at radius 2 is 2.10 bits per heavy atom. The van der Waals surface area contributed by atoms with Gasteiger partial charge in [-0.3, -0.25) is 9.48 Å². The van der Waals surface area contributed by atoms with Crippen molar-refractivity contribution >= 4 is 5.91 Å². The number of aromatic nitrogens is 2. The number of amides is 1. The van der Waals surface area contributed by atoms with Crippen LogP contribution in [0.25, 0.3) is 0 Å². The summed E-state index contributed by atoms with van der Waals surface area (Å²) in [4.78, 5) is 12.3. The standard InChI is InChI=1S/C16H22N4O/c1-12(14-7-4-3-5-8-14)19-16(21)15-11-18-20(13(15)2)10-6-9-17/h3-5,7-8,11-12H,6,9-10,17H2,1-2H3,(H,19,21)/t12-/m0/s1. The summed E-state index contributed by atoms with van der Waals surface area (Å²) in [6, 6.07) is 9.86. The molecule has 2 rings (SSSR count).